The number of aliphatic hydroxyl groups excluding tert-OH is 1. The molecule has 1 aliphatic heterocycles. The molecular formula is C43H47N3O8S2. The SMILES string of the molecule is COc1ccc(C(OC[C@H]2O[C@@H](n3ccc(NC(=O)c4ccccc4)nc3=O)[C@H](OCCSSC(C)(C)C)[C@@H]2O)(c2ccccc2)c2ccc(OC)cc2)cc1. The lowest BCUT2D eigenvalue weighted by Gasteiger charge is -2.37. The third kappa shape index (κ3) is 9.66. The van der Waals surface area contributed by atoms with E-state index in [1.807, 2.05) is 84.9 Å². The zero-order chi connectivity index (χ0) is 39.7. The molecule has 0 spiro atoms. The molecule has 294 valence electrons. The molecule has 0 bridgehead atoms. The topological polar surface area (TPSA) is 130 Å². The number of nitrogens with zero attached hydrogens (tertiary/aromatic N) is 2. The Kier molecular flexibility index (Phi) is 13.6. The van der Waals surface area contributed by atoms with Gasteiger partial charge >= 0.3 is 5.69 Å². The molecule has 4 aromatic carbocycles. The van der Waals surface area contributed by atoms with Gasteiger partial charge in [0.2, 0.25) is 0 Å². The number of hydrogen-bond donors (Lipinski definition) is 2. The van der Waals surface area contributed by atoms with Crippen LogP contribution in [0, 0.1) is 0 Å². The number of rotatable bonds is 16. The fourth-order valence-corrected chi connectivity index (χ4v) is 8.55. The lowest BCUT2D eigenvalue weighted by molar-refractivity contribution is -0.0976. The first kappa shape index (κ1) is 41.0. The molecule has 0 unspecified atom stereocenters. The molecule has 0 radical (unpaired) electrons. The van der Waals surface area contributed by atoms with Gasteiger partial charge in [-0.1, -0.05) is 115 Å². The van der Waals surface area contributed by atoms with Crippen LogP contribution in [0.2, 0.25) is 0 Å². The predicted octanol–water partition coefficient (Wildman–Crippen LogP) is 7.34. The predicted molar refractivity (Wildman–Crippen MR) is 221 cm³/mol. The molecule has 11 nitrogen and oxygen atoms in total. The van der Waals surface area contributed by atoms with E-state index >= 15 is 0 Å². The van der Waals surface area contributed by atoms with Crippen molar-refractivity contribution >= 4 is 33.3 Å². The molecule has 6 rings (SSSR count). The molecule has 0 saturated carbocycles. The quantitative estimate of drug-likeness (QED) is 0.0591. The number of aliphatic hydroxyl groups is 1. The van der Waals surface area contributed by atoms with E-state index in [-0.39, 0.29) is 17.2 Å². The summed E-state index contributed by atoms with van der Waals surface area (Å²) in [5, 5.41) is 14.6. The molecule has 2 N–H and O–H groups in total. The van der Waals surface area contributed by atoms with Gasteiger partial charge in [-0.3, -0.25) is 9.36 Å². The van der Waals surface area contributed by atoms with Crippen molar-refractivity contribution in [3.05, 3.63) is 154 Å². The molecule has 1 aromatic heterocycles. The number of nitrogens with one attached hydrogen (secondary N) is 1. The number of anilines is 1. The van der Waals surface area contributed by atoms with Crippen LogP contribution in [0.25, 0.3) is 0 Å². The van der Waals surface area contributed by atoms with Gasteiger partial charge in [0.25, 0.3) is 5.91 Å². The molecule has 1 saturated heterocycles. The van der Waals surface area contributed by atoms with Crippen molar-refractivity contribution in [3.63, 3.8) is 0 Å². The lowest BCUT2D eigenvalue weighted by Crippen LogP contribution is -2.41. The van der Waals surface area contributed by atoms with Gasteiger partial charge in [0.1, 0.15) is 41.2 Å². The van der Waals surface area contributed by atoms with E-state index in [4.69, 9.17) is 23.7 Å². The highest BCUT2D eigenvalue weighted by Gasteiger charge is 2.48. The van der Waals surface area contributed by atoms with Gasteiger partial charge in [0.05, 0.1) is 27.4 Å². The van der Waals surface area contributed by atoms with Crippen molar-refractivity contribution in [3.8, 4) is 11.5 Å². The largest absolute Gasteiger partial charge is 0.497 e. The molecule has 5 aromatic rings. The minimum absolute atomic E-state index is 0.0568. The van der Waals surface area contributed by atoms with Crippen molar-refractivity contribution in [1.29, 1.82) is 0 Å². The van der Waals surface area contributed by atoms with E-state index in [0.717, 1.165) is 16.7 Å². The highest BCUT2D eigenvalue weighted by atomic mass is 33.1. The van der Waals surface area contributed by atoms with Crippen LogP contribution in [0.4, 0.5) is 5.82 Å². The zero-order valence-corrected chi connectivity index (χ0v) is 33.6. The van der Waals surface area contributed by atoms with Gasteiger partial charge < -0.3 is 34.1 Å². The number of ether oxygens (including phenoxy) is 5. The van der Waals surface area contributed by atoms with Crippen molar-refractivity contribution in [2.75, 3.05) is 38.5 Å². The van der Waals surface area contributed by atoms with Crippen LogP contribution in [-0.4, -0.2) is 76.8 Å². The number of hydrogen-bond acceptors (Lipinski definition) is 11. The summed E-state index contributed by atoms with van der Waals surface area (Å²) in [5.41, 5.74) is 1.04. The number of methoxy groups -OCH3 is 2. The smallest absolute Gasteiger partial charge is 0.351 e. The second kappa shape index (κ2) is 18.5. The van der Waals surface area contributed by atoms with Crippen LogP contribution in [0.15, 0.2) is 126 Å². The summed E-state index contributed by atoms with van der Waals surface area (Å²) < 4.78 is 32.2. The van der Waals surface area contributed by atoms with Crippen LogP contribution in [0.1, 0.15) is 54.0 Å². The Morgan fingerprint density at radius 1 is 0.839 bits per heavy atom. The minimum Gasteiger partial charge on any atom is -0.497 e. The van der Waals surface area contributed by atoms with Gasteiger partial charge in [-0.15, -0.1) is 0 Å². The zero-order valence-electron chi connectivity index (χ0n) is 32.0. The summed E-state index contributed by atoms with van der Waals surface area (Å²) in [6.07, 6.45) is -2.62. The highest BCUT2D eigenvalue weighted by molar-refractivity contribution is 8.77. The summed E-state index contributed by atoms with van der Waals surface area (Å²) in [7, 11) is 6.64. The molecular weight excluding hydrogens is 751 g/mol. The molecule has 1 fully saturated rings. The average Bonchev–Trinajstić information content (AvgIpc) is 3.52. The summed E-state index contributed by atoms with van der Waals surface area (Å²) >= 11 is 0. The van der Waals surface area contributed by atoms with Crippen LogP contribution in [-0.2, 0) is 19.8 Å². The van der Waals surface area contributed by atoms with Crippen molar-refractivity contribution in [2.45, 2.75) is 55.7 Å². The summed E-state index contributed by atoms with van der Waals surface area (Å²) in [6, 6.07) is 35.3. The first-order valence-electron chi connectivity index (χ1n) is 18.2. The second-order valence-electron chi connectivity index (χ2n) is 14.0. The monoisotopic (exact) mass is 797 g/mol. The number of aromatic nitrogens is 2. The van der Waals surface area contributed by atoms with Crippen LogP contribution < -0.4 is 20.5 Å². The third-order valence-electron chi connectivity index (χ3n) is 9.12. The summed E-state index contributed by atoms with van der Waals surface area (Å²) in [6.45, 7) is 6.62. The molecule has 1 amide bonds. The Morgan fingerprint density at radius 2 is 1.41 bits per heavy atom. The fourth-order valence-electron chi connectivity index (χ4n) is 6.43. The lowest BCUT2D eigenvalue weighted by atomic mass is 9.80. The summed E-state index contributed by atoms with van der Waals surface area (Å²) in [4.78, 5) is 30.5. The van der Waals surface area contributed by atoms with E-state index in [9.17, 15) is 14.7 Å². The minimum atomic E-state index is -1.19. The summed E-state index contributed by atoms with van der Waals surface area (Å²) in [5.74, 6) is 1.70. The Hall–Kier alpha value is -4.63. The maximum absolute atomic E-state index is 13.6. The van der Waals surface area contributed by atoms with Crippen LogP contribution >= 0.6 is 21.6 Å². The van der Waals surface area contributed by atoms with Crippen molar-refractivity contribution < 1.29 is 33.6 Å². The Labute approximate surface area is 335 Å². The second-order valence-corrected chi connectivity index (χ2v) is 17.3. The molecule has 13 heteroatoms. The Balaban J connectivity index is 1.32. The van der Waals surface area contributed by atoms with Gasteiger partial charge in [-0.25, -0.2) is 4.79 Å². The van der Waals surface area contributed by atoms with Crippen LogP contribution in [0.3, 0.4) is 0 Å². The Morgan fingerprint density at radius 3 is 1.96 bits per heavy atom. The number of benzene rings is 4. The van der Waals surface area contributed by atoms with Crippen molar-refractivity contribution in [1.82, 2.24) is 9.55 Å². The van der Waals surface area contributed by atoms with Gasteiger partial charge in [0, 0.05) is 22.3 Å². The van der Waals surface area contributed by atoms with E-state index in [1.54, 1.807) is 60.1 Å². The first-order chi connectivity index (χ1) is 27.0. The standard InChI is InChI=1S/C43H47N3O8S2/c1-42(2,3)56-55-27-26-52-38-37(47)35(54-40(38)46-25-24-36(45-41(46)49)44-39(48)29-12-8-6-9-13-29)28-53-43(30-14-10-7-11-15-30,31-16-20-33(50-4)21-17-31)32-18-22-34(51-5)23-19-32/h6-25,35,37-38,40,47H,26-28H2,1-5H3,(H,44,45,48,49)/t35-,37-,38-,40-/m1/s1. The van der Waals surface area contributed by atoms with Crippen molar-refractivity contribution in [2.24, 2.45) is 0 Å². The third-order valence-corrected chi connectivity index (χ3v) is 12.4. The Bertz CT molecular complexity index is 2030. The maximum atomic E-state index is 13.6. The maximum Gasteiger partial charge on any atom is 0.351 e. The van der Waals surface area contributed by atoms with E-state index in [1.165, 1.54) is 16.8 Å². The number of carbonyl (C=O) groups is 1. The number of amides is 1. The normalized spacial score (nSPS) is 18.4. The van der Waals surface area contributed by atoms with E-state index in [0.29, 0.717) is 29.4 Å². The highest BCUT2D eigenvalue weighted by Crippen LogP contribution is 2.43. The van der Waals surface area contributed by atoms with E-state index < -0.39 is 41.7 Å². The molecule has 4 atom stereocenters. The first-order valence-corrected chi connectivity index (χ1v) is 20.5. The molecule has 2 heterocycles. The average molecular weight is 798 g/mol. The van der Waals surface area contributed by atoms with Crippen LogP contribution in [0.5, 0.6) is 11.5 Å². The van der Waals surface area contributed by atoms with E-state index in [2.05, 4.69) is 31.1 Å². The molecule has 1 aliphatic rings. The van der Waals surface area contributed by atoms with Gasteiger partial charge in [-0.2, -0.15) is 4.98 Å². The fraction of sp³-hybridized carbons (Fsp3) is 0.326. The molecule has 0 aliphatic carbocycles. The molecule has 56 heavy (non-hydrogen) atoms. The van der Waals surface area contributed by atoms with Gasteiger partial charge in [-0.05, 0) is 59.2 Å². The number of carbonyl (C=O) groups excluding carboxylic acids is 1. The van der Waals surface area contributed by atoms with Gasteiger partial charge in [0.15, 0.2) is 6.23 Å².